The van der Waals surface area contributed by atoms with E-state index in [1.54, 1.807) is 4.90 Å². The van der Waals surface area contributed by atoms with E-state index in [2.05, 4.69) is 29.2 Å². The van der Waals surface area contributed by atoms with Gasteiger partial charge in [-0.3, -0.25) is 9.69 Å². The lowest BCUT2D eigenvalue weighted by Gasteiger charge is -2.28. The zero-order valence-electron chi connectivity index (χ0n) is 11.6. The second-order valence-corrected chi connectivity index (χ2v) is 5.14. The second-order valence-electron chi connectivity index (χ2n) is 5.14. The molecule has 2 N–H and O–H groups in total. The molecule has 1 amide bonds. The minimum absolute atomic E-state index is 0.156. The zero-order valence-corrected chi connectivity index (χ0v) is 11.6. The molecule has 0 spiro atoms. The topological polar surface area (TPSA) is 49.6 Å². The van der Waals surface area contributed by atoms with Gasteiger partial charge in [0.05, 0.1) is 0 Å². The van der Waals surface area contributed by atoms with Crippen molar-refractivity contribution in [2.45, 2.75) is 18.9 Å². The fraction of sp³-hybridized carbons (Fsp3) is 0.533. The maximum absolute atomic E-state index is 12.2. The number of rotatable bonds is 4. The highest BCUT2D eigenvalue weighted by molar-refractivity contribution is 5.82. The number of nitrogens with two attached hydrogens (primary N) is 1. The molecular formula is C15H23N3O. The Labute approximate surface area is 115 Å². The molecule has 0 radical (unpaired) electrons. The summed E-state index contributed by atoms with van der Waals surface area (Å²) in [5.74, 6) is 0.160. The smallest absolute Gasteiger partial charge is 0.240 e. The van der Waals surface area contributed by atoms with E-state index in [-0.39, 0.29) is 11.9 Å². The molecule has 0 bridgehead atoms. The number of hydrogen-bond donors (Lipinski definition) is 1. The molecule has 4 nitrogen and oxygen atoms in total. The summed E-state index contributed by atoms with van der Waals surface area (Å²) >= 11 is 0. The van der Waals surface area contributed by atoms with Crippen LogP contribution in [0, 0.1) is 0 Å². The van der Waals surface area contributed by atoms with Crippen LogP contribution in [0.1, 0.15) is 12.0 Å². The van der Waals surface area contributed by atoms with E-state index in [0.717, 1.165) is 32.5 Å². The van der Waals surface area contributed by atoms with Crippen LogP contribution in [0.4, 0.5) is 0 Å². The normalized spacial score (nSPS) is 21.5. The van der Waals surface area contributed by atoms with Crippen LogP contribution in [0.25, 0.3) is 0 Å². The van der Waals surface area contributed by atoms with E-state index in [4.69, 9.17) is 5.73 Å². The molecule has 104 valence electrons. The van der Waals surface area contributed by atoms with Crippen molar-refractivity contribution in [2.24, 2.45) is 5.73 Å². The predicted octanol–water partition coefficient (Wildman–Crippen LogP) is 0.720. The molecule has 1 unspecified atom stereocenters. The Hall–Kier alpha value is -1.39. The Morgan fingerprint density at radius 3 is 2.68 bits per heavy atom. The quantitative estimate of drug-likeness (QED) is 0.869. The van der Waals surface area contributed by atoms with Gasteiger partial charge in [-0.2, -0.15) is 0 Å². The molecule has 1 aliphatic heterocycles. The van der Waals surface area contributed by atoms with Gasteiger partial charge in [-0.1, -0.05) is 30.3 Å². The van der Waals surface area contributed by atoms with Crippen LogP contribution >= 0.6 is 0 Å². The van der Waals surface area contributed by atoms with Gasteiger partial charge in [-0.05, 0) is 18.4 Å². The monoisotopic (exact) mass is 261 g/mol. The Bertz CT molecular complexity index is 407. The minimum atomic E-state index is -0.156. The summed E-state index contributed by atoms with van der Waals surface area (Å²) < 4.78 is 0. The standard InChI is InChI=1S/C15H23N3O/c1-17-9-5-10-18(14(12-16)15(17)19)11-8-13-6-3-2-4-7-13/h2-4,6-7,14H,5,8-12,16H2,1H3. The molecule has 1 aromatic rings. The van der Waals surface area contributed by atoms with E-state index in [1.807, 2.05) is 13.1 Å². The summed E-state index contributed by atoms with van der Waals surface area (Å²) in [6.07, 6.45) is 1.99. The van der Waals surface area contributed by atoms with E-state index in [0.29, 0.717) is 6.54 Å². The van der Waals surface area contributed by atoms with Gasteiger partial charge in [0.1, 0.15) is 6.04 Å². The van der Waals surface area contributed by atoms with Crippen LogP contribution in [-0.2, 0) is 11.2 Å². The number of carbonyl (C=O) groups excluding carboxylic acids is 1. The van der Waals surface area contributed by atoms with Crippen LogP contribution < -0.4 is 5.73 Å². The SMILES string of the molecule is CN1CCCN(CCc2ccccc2)C(CN)C1=O. The lowest BCUT2D eigenvalue weighted by atomic mass is 10.1. The number of amides is 1. The predicted molar refractivity (Wildman–Crippen MR) is 76.8 cm³/mol. The highest BCUT2D eigenvalue weighted by atomic mass is 16.2. The third-order valence-corrected chi connectivity index (χ3v) is 3.79. The zero-order chi connectivity index (χ0) is 13.7. The summed E-state index contributed by atoms with van der Waals surface area (Å²) in [6, 6.07) is 10.2. The van der Waals surface area contributed by atoms with Gasteiger partial charge < -0.3 is 10.6 Å². The van der Waals surface area contributed by atoms with Crippen molar-refractivity contribution in [1.29, 1.82) is 0 Å². The van der Waals surface area contributed by atoms with E-state index < -0.39 is 0 Å². The highest BCUT2D eigenvalue weighted by Crippen LogP contribution is 2.11. The van der Waals surface area contributed by atoms with Crippen LogP contribution in [0.15, 0.2) is 30.3 Å². The van der Waals surface area contributed by atoms with Gasteiger partial charge in [-0.15, -0.1) is 0 Å². The van der Waals surface area contributed by atoms with Crippen molar-refractivity contribution in [2.75, 3.05) is 33.2 Å². The van der Waals surface area contributed by atoms with Crippen LogP contribution in [0.3, 0.4) is 0 Å². The van der Waals surface area contributed by atoms with Crippen LogP contribution in [-0.4, -0.2) is 55.0 Å². The minimum Gasteiger partial charge on any atom is -0.344 e. The first kappa shape index (κ1) is 14.0. The molecule has 1 aliphatic rings. The second kappa shape index (κ2) is 6.68. The maximum atomic E-state index is 12.2. The third kappa shape index (κ3) is 3.55. The van der Waals surface area contributed by atoms with E-state index in [1.165, 1.54) is 5.56 Å². The van der Waals surface area contributed by atoms with Gasteiger partial charge in [0.15, 0.2) is 0 Å². The number of nitrogens with zero attached hydrogens (tertiary/aromatic N) is 2. The van der Waals surface area contributed by atoms with Crippen molar-refractivity contribution < 1.29 is 4.79 Å². The number of likely N-dealkylation sites (N-methyl/N-ethyl adjacent to an activating group) is 1. The molecule has 1 atom stereocenters. The molecule has 0 aliphatic carbocycles. The van der Waals surface area contributed by atoms with Gasteiger partial charge >= 0.3 is 0 Å². The van der Waals surface area contributed by atoms with E-state index in [9.17, 15) is 4.79 Å². The Morgan fingerprint density at radius 1 is 1.26 bits per heavy atom. The molecule has 2 rings (SSSR count). The third-order valence-electron chi connectivity index (χ3n) is 3.79. The number of carbonyl (C=O) groups is 1. The number of benzene rings is 1. The molecule has 1 fully saturated rings. The first-order valence-corrected chi connectivity index (χ1v) is 6.95. The molecule has 0 saturated carbocycles. The van der Waals surface area contributed by atoms with Crippen molar-refractivity contribution in [3.8, 4) is 0 Å². The van der Waals surface area contributed by atoms with Crippen molar-refractivity contribution in [3.63, 3.8) is 0 Å². The fourth-order valence-electron chi connectivity index (χ4n) is 2.62. The molecule has 1 heterocycles. The van der Waals surface area contributed by atoms with Gasteiger partial charge in [0, 0.05) is 33.2 Å². The highest BCUT2D eigenvalue weighted by Gasteiger charge is 2.29. The van der Waals surface area contributed by atoms with Gasteiger partial charge in [0.25, 0.3) is 0 Å². The van der Waals surface area contributed by atoms with Gasteiger partial charge in [0.2, 0.25) is 5.91 Å². The summed E-state index contributed by atoms with van der Waals surface area (Å²) in [4.78, 5) is 16.2. The van der Waals surface area contributed by atoms with Gasteiger partial charge in [-0.25, -0.2) is 0 Å². The maximum Gasteiger partial charge on any atom is 0.240 e. The lowest BCUT2D eigenvalue weighted by molar-refractivity contribution is -0.133. The van der Waals surface area contributed by atoms with Crippen molar-refractivity contribution in [1.82, 2.24) is 9.80 Å². The van der Waals surface area contributed by atoms with Crippen LogP contribution in [0.5, 0.6) is 0 Å². The Balaban J connectivity index is 1.99. The molecule has 4 heteroatoms. The van der Waals surface area contributed by atoms with E-state index >= 15 is 0 Å². The average molecular weight is 261 g/mol. The summed E-state index contributed by atoms with van der Waals surface area (Å²) in [5.41, 5.74) is 7.10. The summed E-state index contributed by atoms with van der Waals surface area (Å²) in [5, 5.41) is 0. The molecule has 0 aromatic heterocycles. The average Bonchev–Trinajstić information content (AvgIpc) is 2.57. The first-order chi connectivity index (χ1) is 9.22. The molecule has 1 saturated heterocycles. The lowest BCUT2D eigenvalue weighted by Crippen LogP contribution is -2.49. The largest absolute Gasteiger partial charge is 0.344 e. The summed E-state index contributed by atoms with van der Waals surface area (Å²) in [7, 11) is 1.87. The summed E-state index contributed by atoms with van der Waals surface area (Å²) in [6.45, 7) is 3.07. The fourth-order valence-corrected chi connectivity index (χ4v) is 2.62. The number of hydrogen-bond acceptors (Lipinski definition) is 3. The first-order valence-electron chi connectivity index (χ1n) is 6.95. The van der Waals surface area contributed by atoms with Crippen molar-refractivity contribution in [3.05, 3.63) is 35.9 Å². The Kier molecular flexibility index (Phi) is 4.93. The van der Waals surface area contributed by atoms with Crippen molar-refractivity contribution >= 4 is 5.91 Å². The molecular weight excluding hydrogens is 238 g/mol. The Morgan fingerprint density at radius 2 is 2.00 bits per heavy atom. The molecule has 1 aromatic carbocycles. The molecule has 19 heavy (non-hydrogen) atoms. The van der Waals surface area contributed by atoms with Crippen LogP contribution in [0.2, 0.25) is 0 Å².